The van der Waals surface area contributed by atoms with Gasteiger partial charge in [0.05, 0.1) is 0 Å². The summed E-state index contributed by atoms with van der Waals surface area (Å²) in [5.41, 5.74) is 1.99. The largest absolute Gasteiger partial charge is 0.362 e. The average Bonchev–Trinajstić information content (AvgIpc) is 3.10. The third kappa shape index (κ3) is 2.35. The molecule has 3 heterocycles. The van der Waals surface area contributed by atoms with Gasteiger partial charge in [0, 0.05) is 30.4 Å². The molecular weight excluding hydrogens is 264 g/mol. The molecule has 2 aromatic rings. The van der Waals surface area contributed by atoms with Gasteiger partial charge in [0.25, 0.3) is 0 Å². The van der Waals surface area contributed by atoms with Gasteiger partial charge in [-0.15, -0.1) is 22.7 Å². The number of hydrogen-bond acceptors (Lipinski definition) is 6. The fourth-order valence-electron chi connectivity index (χ4n) is 2.06. The highest BCUT2D eigenvalue weighted by Crippen LogP contribution is 2.30. The summed E-state index contributed by atoms with van der Waals surface area (Å²) in [5.74, 6) is 0. The lowest BCUT2D eigenvalue weighted by molar-refractivity contribution is 0.949. The molecule has 0 unspecified atom stereocenters. The highest BCUT2D eigenvalue weighted by molar-refractivity contribution is 7.14. The number of aromatic nitrogens is 2. The summed E-state index contributed by atoms with van der Waals surface area (Å²) in [6.07, 6.45) is 2.58. The molecule has 18 heavy (non-hydrogen) atoms. The summed E-state index contributed by atoms with van der Waals surface area (Å²) in [5, 5.41) is 9.53. The van der Waals surface area contributed by atoms with Crippen molar-refractivity contribution < 1.29 is 0 Å². The lowest BCUT2D eigenvalue weighted by Gasteiger charge is -2.11. The van der Waals surface area contributed by atoms with Crippen LogP contribution in [0.1, 0.15) is 19.8 Å². The molecule has 0 radical (unpaired) electrons. The highest BCUT2D eigenvalue weighted by atomic mass is 32.1. The molecule has 0 aromatic carbocycles. The Morgan fingerprint density at radius 3 is 2.67 bits per heavy atom. The van der Waals surface area contributed by atoms with Gasteiger partial charge in [-0.2, -0.15) is 0 Å². The molecule has 1 aliphatic heterocycles. The van der Waals surface area contributed by atoms with Crippen LogP contribution in [-0.4, -0.2) is 29.6 Å². The SMILES string of the molecule is CCNc1nc(-c2csc(N3CCCC3)n2)cs1. The van der Waals surface area contributed by atoms with Crippen LogP contribution in [0.25, 0.3) is 11.4 Å². The molecular formula is C12H16N4S2. The minimum atomic E-state index is 0.906. The number of anilines is 2. The maximum Gasteiger partial charge on any atom is 0.185 e. The van der Waals surface area contributed by atoms with Crippen LogP contribution in [0.15, 0.2) is 10.8 Å². The van der Waals surface area contributed by atoms with Gasteiger partial charge in [-0.05, 0) is 19.8 Å². The van der Waals surface area contributed by atoms with Gasteiger partial charge in [0.2, 0.25) is 0 Å². The first-order chi connectivity index (χ1) is 8.86. The summed E-state index contributed by atoms with van der Waals surface area (Å²) < 4.78 is 0. The topological polar surface area (TPSA) is 41.1 Å². The molecule has 4 nitrogen and oxygen atoms in total. The summed E-state index contributed by atoms with van der Waals surface area (Å²) in [4.78, 5) is 11.6. The van der Waals surface area contributed by atoms with E-state index in [9.17, 15) is 0 Å². The molecule has 0 spiro atoms. The zero-order chi connectivity index (χ0) is 12.4. The van der Waals surface area contributed by atoms with Crippen LogP contribution in [0.5, 0.6) is 0 Å². The van der Waals surface area contributed by atoms with Crippen LogP contribution < -0.4 is 10.2 Å². The van der Waals surface area contributed by atoms with Crippen molar-refractivity contribution in [3.63, 3.8) is 0 Å². The number of nitrogens with one attached hydrogen (secondary N) is 1. The van der Waals surface area contributed by atoms with Crippen LogP contribution in [0.3, 0.4) is 0 Å². The lowest BCUT2D eigenvalue weighted by atomic mass is 10.4. The van der Waals surface area contributed by atoms with Crippen molar-refractivity contribution in [3.05, 3.63) is 10.8 Å². The van der Waals surface area contributed by atoms with Crippen LogP contribution >= 0.6 is 22.7 Å². The van der Waals surface area contributed by atoms with Crippen LogP contribution in [0.4, 0.5) is 10.3 Å². The van der Waals surface area contributed by atoms with Crippen molar-refractivity contribution in [1.29, 1.82) is 0 Å². The van der Waals surface area contributed by atoms with Gasteiger partial charge < -0.3 is 10.2 Å². The van der Waals surface area contributed by atoms with Gasteiger partial charge >= 0.3 is 0 Å². The standard InChI is InChI=1S/C12H16N4S2/c1-2-13-11-14-9(7-17-11)10-8-18-12(15-10)16-5-3-4-6-16/h7-8H,2-6H2,1H3,(H,13,14). The Kier molecular flexibility index (Phi) is 3.47. The van der Waals surface area contributed by atoms with Crippen LogP contribution in [0.2, 0.25) is 0 Å². The molecule has 0 saturated carbocycles. The Hall–Kier alpha value is -1.14. The Balaban J connectivity index is 1.78. The van der Waals surface area contributed by atoms with Crippen LogP contribution in [0, 0.1) is 0 Å². The molecule has 1 fully saturated rings. The van der Waals surface area contributed by atoms with E-state index in [1.165, 1.54) is 12.8 Å². The van der Waals surface area contributed by atoms with Gasteiger partial charge in [0.15, 0.2) is 10.3 Å². The Bertz CT molecular complexity index is 514. The summed E-state index contributed by atoms with van der Waals surface area (Å²) >= 11 is 3.36. The van der Waals surface area contributed by atoms with E-state index in [-0.39, 0.29) is 0 Å². The Labute approximate surface area is 115 Å². The van der Waals surface area contributed by atoms with Crippen molar-refractivity contribution in [2.24, 2.45) is 0 Å². The number of nitrogens with zero attached hydrogens (tertiary/aromatic N) is 3. The second kappa shape index (κ2) is 5.24. The third-order valence-corrected chi connectivity index (χ3v) is 4.66. The van der Waals surface area contributed by atoms with Gasteiger partial charge in [-0.1, -0.05) is 0 Å². The van der Waals surface area contributed by atoms with E-state index in [0.717, 1.165) is 41.3 Å². The molecule has 6 heteroatoms. The average molecular weight is 280 g/mol. The fourth-order valence-corrected chi connectivity index (χ4v) is 3.71. The van der Waals surface area contributed by atoms with Crippen molar-refractivity contribution >= 4 is 32.9 Å². The molecule has 3 rings (SSSR count). The molecule has 1 saturated heterocycles. The monoisotopic (exact) mass is 280 g/mol. The second-order valence-electron chi connectivity index (χ2n) is 4.28. The lowest BCUT2D eigenvalue weighted by Crippen LogP contribution is -2.17. The van der Waals surface area contributed by atoms with E-state index >= 15 is 0 Å². The molecule has 0 atom stereocenters. The first-order valence-electron chi connectivity index (χ1n) is 6.27. The van der Waals surface area contributed by atoms with E-state index in [0.29, 0.717) is 0 Å². The van der Waals surface area contributed by atoms with Gasteiger partial charge in [-0.25, -0.2) is 9.97 Å². The predicted octanol–water partition coefficient (Wildman–Crippen LogP) is 3.30. The molecule has 2 aromatic heterocycles. The number of hydrogen-bond donors (Lipinski definition) is 1. The van der Waals surface area contributed by atoms with Crippen molar-refractivity contribution in [2.45, 2.75) is 19.8 Å². The number of thiazole rings is 2. The van der Waals surface area contributed by atoms with E-state index in [1.807, 2.05) is 0 Å². The van der Waals surface area contributed by atoms with E-state index in [2.05, 4.69) is 32.9 Å². The van der Waals surface area contributed by atoms with Crippen LogP contribution in [-0.2, 0) is 0 Å². The zero-order valence-electron chi connectivity index (χ0n) is 10.3. The second-order valence-corrected chi connectivity index (χ2v) is 5.97. The molecule has 1 N–H and O–H groups in total. The van der Waals surface area contributed by atoms with Gasteiger partial charge in [-0.3, -0.25) is 0 Å². The highest BCUT2D eigenvalue weighted by Gasteiger charge is 2.16. The first-order valence-corrected chi connectivity index (χ1v) is 8.03. The normalized spacial score (nSPS) is 15.3. The summed E-state index contributed by atoms with van der Waals surface area (Å²) in [7, 11) is 0. The maximum atomic E-state index is 4.70. The first kappa shape index (κ1) is 11.9. The van der Waals surface area contributed by atoms with Crippen molar-refractivity contribution in [2.75, 3.05) is 29.9 Å². The molecule has 96 valence electrons. The van der Waals surface area contributed by atoms with E-state index in [1.54, 1.807) is 22.7 Å². The summed E-state index contributed by atoms with van der Waals surface area (Å²) in [6, 6.07) is 0. The molecule has 1 aliphatic rings. The van der Waals surface area contributed by atoms with Crippen molar-refractivity contribution in [1.82, 2.24) is 9.97 Å². The van der Waals surface area contributed by atoms with E-state index in [4.69, 9.17) is 4.98 Å². The molecule has 0 aliphatic carbocycles. The minimum absolute atomic E-state index is 0.906. The quantitative estimate of drug-likeness (QED) is 0.933. The Morgan fingerprint density at radius 2 is 1.89 bits per heavy atom. The summed E-state index contributed by atoms with van der Waals surface area (Å²) in [6.45, 7) is 5.28. The Morgan fingerprint density at radius 1 is 1.17 bits per heavy atom. The predicted molar refractivity (Wildman–Crippen MR) is 78.8 cm³/mol. The molecule has 0 amide bonds. The number of rotatable bonds is 4. The van der Waals surface area contributed by atoms with E-state index < -0.39 is 0 Å². The van der Waals surface area contributed by atoms with Crippen molar-refractivity contribution in [3.8, 4) is 11.4 Å². The smallest absolute Gasteiger partial charge is 0.185 e. The minimum Gasteiger partial charge on any atom is -0.362 e. The molecule has 0 bridgehead atoms. The maximum absolute atomic E-state index is 4.70. The van der Waals surface area contributed by atoms with Gasteiger partial charge in [0.1, 0.15) is 11.4 Å². The zero-order valence-corrected chi connectivity index (χ0v) is 12.0. The fraction of sp³-hybridized carbons (Fsp3) is 0.500. The third-order valence-electron chi connectivity index (χ3n) is 2.96.